The number of nitrogens with one attached hydrogen (secondary N) is 3. The second-order valence-corrected chi connectivity index (χ2v) is 8.79. The lowest BCUT2D eigenvalue weighted by molar-refractivity contribution is -0.126. The molecule has 3 N–H and O–H groups in total. The average Bonchev–Trinajstić information content (AvgIpc) is 3.53. The first-order chi connectivity index (χ1) is 15.4. The Hall–Kier alpha value is -3.46. The van der Waals surface area contributed by atoms with Crippen LogP contribution in [-0.2, 0) is 4.79 Å². The maximum atomic E-state index is 13.0. The molecule has 32 heavy (non-hydrogen) atoms. The third kappa shape index (κ3) is 3.91. The van der Waals surface area contributed by atoms with Gasteiger partial charge in [-0.05, 0) is 30.9 Å². The number of hydrogen-bond acceptors (Lipinski definition) is 6. The second-order valence-electron chi connectivity index (χ2n) is 8.79. The van der Waals surface area contributed by atoms with Gasteiger partial charge in [0.15, 0.2) is 17.5 Å². The number of benzene rings is 1. The number of anilines is 1. The van der Waals surface area contributed by atoms with E-state index in [1.54, 1.807) is 28.9 Å². The minimum Gasteiger partial charge on any atom is -0.451 e. The summed E-state index contributed by atoms with van der Waals surface area (Å²) in [7, 11) is 0. The molecule has 166 valence electrons. The minimum absolute atomic E-state index is 0.00983. The summed E-state index contributed by atoms with van der Waals surface area (Å²) in [4.78, 5) is 37.7. The summed E-state index contributed by atoms with van der Waals surface area (Å²) in [5.41, 5.74) is 0.923. The van der Waals surface area contributed by atoms with Crippen molar-refractivity contribution in [1.82, 2.24) is 20.4 Å². The van der Waals surface area contributed by atoms with Crippen LogP contribution in [0, 0.1) is 5.92 Å². The molecule has 3 aromatic rings. The Balaban J connectivity index is 1.46. The van der Waals surface area contributed by atoms with Gasteiger partial charge in [0, 0.05) is 30.5 Å². The van der Waals surface area contributed by atoms with E-state index in [0.717, 1.165) is 18.5 Å². The summed E-state index contributed by atoms with van der Waals surface area (Å²) in [6.45, 7) is 4.10. The predicted octanol–water partition coefficient (Wildman–Crippen LogP) is 2.71. The Bertz CT molecular complexity index is 1260. The van der Waals surface area contributed by atoms with Crippen molar-refractivity contribution in [1.29, 1.82) is 0 Å². The van der Waals surface area contributed by atoms with Crippen LogP contribution < -0.4 is 21.4 Å². The van der Waals surface area contributed by atoms with E-state index in [0.29, 0.717) is 29.1 Å². The van der Waals surface area contributed by atoms with Gasteiger partial charge in [0.2, 0.25) is 5.91 Å². The number of carbonyl (C=O) groups is 2. The van der Waals surface area contributed by atoms with E-state index >= 15 is 0 Å². The van der Waals surface area contributed by atoms with Crippen LogP contribution in [0.5, 0.6) is 0 Å². The summed E-state index contributed by atoms with van der Waals surface area (Å²) in [5, 5.41) is 14.2. The van der Waals surface area contributed by atoms with Crippen LogP contribution in [-0.4, -0.2) is 27.6 Å². The van der Waals surface area contributed by atoms with Crippen molar-refractivity contribution in [2.75, 3.05) is 5.32 Å². The fourth-order valence-corrected chi connectivity index (χ4v) is 3.95. The molecule has 2 unspecified atom stereocenters. The highest BCUT2D eigenvalue weighted by Crippen LogP contribution is 2.40. The molecule has 2 aromatic heterocycles. The van der Waals surface area contributed by atoms with Gasteiger partial charge in [-0.3, -0.25) is 19.7 Å². The van der Waals surface area contributed by atoms with E-state index in [-0.39, 0.29) is 29.1 Å². The molecule has 1 aliphatic carbocycles. The molecule has 2 fully saturated rings. The largest absolute Gasteiger partial charge is 0.451 e. The molecule has 1 aromatic carbocycles. The van der Waals surface area contributed by atoms with Crippen LogP contribution in [0.25, 0.3) is 11.0 Å². The smallest absolute Gasteiger partial charge is 0.292 e. The predicted molar refractivity (Wildman–Crippen MR) is 118 cm³/mol. The minimum atomic E-state index is -0.588. The Morgan fingerprint density at radius 3 is 2.75 bits per heavy atom. The molecule has 1 saturated carbocycles. The molecule has 0 radical (unpaired) electrons. The van der Waals surface area contributed by atoms with Gasteiger partial charge in [0.25, 0.3) is 5.91 Å². The monoisotopic (exact) mass is 435 g/mol. The summed E-state index contributed by atoms with van der Waals surface area (Å²) in [5.74, 6) is 0.315. The van der Waals surface area contributed by atoms with E-state index in [4.69, 9.17) is 4.42 Å². The molecule has 9 nitrogen and oxygen atoms in total. The van der Waals surface area contributed by atoms with Crippen LogP contribution >= 0.6 is 0 Å². The summed E-state index contributed by atoms with van der Waals surface area (Å²) in [6, 6.07) is 9.79. The lowest BCUT2D eigenvalue weighted by atomic mass is 9.99. The van der Waals surface area contributed by atoms with Gasteiger partial charge in [-0.15, -0.1) is 0 Å². The SMILES string of the molecule is CC(C)C1CC(=O)NC(n2nc(C3CC3)cc2NC(=O)c2cc(=O)c3ccccc3o2)N1. The second kappa shape index (κ2) is 7.90. The fraction of sp³-hybridized carbons (Fsp3) is 0.391. The van der Waals surface area contributed by atoms with Gasteiger partial charge in [-0.1, -0.05) is 26.0 Å². The molecular formula is C23H25N5O4. The highest BCUT2D eigenvalue weighted by Gasteiger charge is 2.33. The first kappa shape index (κ1) is 20.4. The van der Waals surface area contributed by atoms with Gasteiger partial charge in [0.1, 0.15) is 11.4 Å². The zero-order valence-electron chi connectivity index (χ0n) is 17.9. The maximum absolute atomic E-state index is 13.0. The zero-order valence-corrected chi connectivity index (χ0v) is 17.9. The van der Waals surface area contributed by atoms with Crippen LogP contribution in [0.15, 0.2) is 45.6 Å². The van der Waals surface area contributed by atoms with Crippen molar-refractivity contribution in [2.45, 2.75) is 51.4 Å². The van der Waals surface area contributed by atoms with E-state index in [1.807, 2.05) is 6.07 Å². The molecule has 9 heteroatoms. The quantitative estimate of drug-likeness (QED) is 0.567. The molecule has 0 spiro atoms. The summed E-state index contributed by atoms with van der Waals surface area (Å²) < 4.78 is 7.26. The summed E-state index contributed by atoms with van der Waals surface area (Å²) >= 11 is 0. The zero-order chi connectivity index (χ0) is 22.4. The molecule has 2 amide bonds. The Labute approximate surface area is 184 Å². The van der Waals surface area contributed by atoms with Crippen LogP contribution in [0.3, 0.4) is 0 Å². The first-order valence-electron chi connectivity index (χ1n) is 10.9. The van der Waals surface area contributed by atoms with Crippen molar-refractivity contribution in [3.05, 3.63) is 58.1 Å². The highest BCUT2D eigenvalue weighted by atomic mass is 16.3. The van der Waals surface area contributed by atoms with Gasteiger partial charge in [0.05, 0.1) is 11.1 Å². The summed E-state index contributed by atoms with van der Waals surface area (Å²) in [6.07, 6.45) is 1.89. The van der Waals surface area contributed by atoms with Gasteiger partial charge in [-0.25, -0.2) is 4.68 Å². The number of carbonyl (C=O) groups excluding carboxylic acids is 2. The van der Waals surface area contributed by atoms with E-state index in [9.17, 15) is 14.4 Å². The molecular weight excluding hydrogens is 410 g/mol. The van der Waals surface area contributed by atoms with Crippen LogP contribution in [0.4, 0.5) is 5.82 Å². The molecule has 2 aliphatic rings. The average molecular weight is 435 g/mol. The third-order valence-electron chi connectivity index (χ3n) is 5.97. The number of aromatic nitrogens is 2. The van der Waals surface area contributed by atoms with Gasteiger partial charge < -0.3 is 15.1 Å². The number of amides is 2. The molecule has 0 bridgehead atoms. The van der Waals surface area contributed by atoms with Crippen molar-refractivity contribution >= 4 is 28.6 Å². The van der Waals surface area contributed by atoms with Crippen molar-refractivity contribution in [2.24, 2.45) is 5.92 Å². The van der Waals surface area contributed by atoms with E-state index in [1.165, 1.54) is 6.07 Å². The standard InChI is InChI=1S/C23H25N5O4/c1-12(2)15-10-21(30)26-23(24-15)28-20(9-16(27-28)13-7-8-13)25-22(31)19-11-17(29)14-5-3-4-6-18(14)32-19/h3-6,9,11-13,15,23-24H,7-8,10H2,1-2H3,(H,25,31)(H,26,30). The highest BCUT2D eigenvalue weighted by molar-refractivity contribution is 6.02. The molecule has 3 heterocycles. The van der Waals surface area contributed by atoms with Crippen LogP contribution in [0.2, 0.25) is 0 Å². The number of para-hydroxylation sites is 1. The number of nitrogens with zero attached hydrogens (tertiary/aromatic N) is 2. The van der Waals surface area contributed by atoms with Crippen molar-refractivity contribution in [3.8, 4) is 0 Å². The van der Waals surface area contributed by atoms with Crippen molar-refractivity contribution in [3.63, 3.8) is 0 Å². The van der Waals surface area contributed by atoms with Crippen molar-refractivity contribution < 1.29 is 14.0 Å². The van der Waals surface area contributed by atoms with E-state index < -0.39 is 12.2 Å². The number of rotatable bonds is 5. The molecule has 2 atom stereocenters. The lowest BCUT2D eigenvalue weighted by Crippen LogP contribution is -2.55. The molecule has 5 rings (SSSR count). The maximum Gasteiger partial charge on any atom is 0.292 e. The fourth-order valence-electron chi connectivity index (χ4n) is 3.95. The van der Waals surface area contributed by atoms with Crippen LogP contribution in [0.1, 0.15) is 61.6 Å². The lowest BCUT2D eigenvalue weighted by Gasteiger charge is -2.34. The van der Waals surface area contributed by atoms with Gasteiger partial charge in [-0.2, -0.15) is 5.10 Å². The Morgan fingerprint density at radius 1 is 1.22 bits per heavy atom. The Morgan fingerprint density at radius 2 is 2.00 bits per heavy atom. The van der Waals surface area contributed by atoms with E-state index in [2.05, 4.69) is 34.9 Å². The third-order valence-corrected chi connectivity index (χ3v) is 5.97. The number of hydrogen-bond donors (Lipinski definition) is 3. The van der Waals surface area contributed by atoms with Gasteiger partial charge >= 0.3 is 0 Å². The number of fused-ring (bicyclic) bond motifs is 1. The Kier molecular flexibility index (Phi) is 5.05. The molecule has 1 aliphatic heterocycles. The first-order valence-corrected chi connectivity index (χ1v) is 10.9. The normalized spacial score (nSPS) is 21.0. The topological polar surface area (TPSA) is 118 Å². The molecule has 1 saturated heterocycles.